The molecule has 1 saturated carbocycles. The molecule has 1 aromatic heterocycles. The maximum atomic E-state index is 13.4. The van der Waals surface area contributed by atoms with Gasteiger partial charge in [-0.15, -0.1) is 0 Å². The van der Waals surface area contributed by atoms with Crippen molar-refractivity contribution in [3.05, 3.63) is 54.0 Å². The van der Waals surface area contributed by atoms with Gasteiger partial charge < -0.3 is 15.4 Å². The molecule has 2 amide bonds. The van der Waals surface area contributed by atoms with Crippen molar-refractivity contribution >= 4 is 12.0 Å². The summed E-state index contributed by atoms with van der Waals surface area (Å²) in [5.74, 6) is -0.542. The molecule has 1 aliphatic carbocycles. The molecule has 0 aliphatic heterocycles. The number of hydrogen-bond donors (Lipinski definition) is 2. The van der Waals surface area contributed by atoms with E-state index in [4.69, 9.17) is 4.74 Å². The molecule has 7 heteroatoms. The van der Waals surface area contributed by atoms with Crippen molar-refractivity contribution in [2.24, 2.45) is 0 Å². The number of hydrogen-bond acceptors (Lipinski definition) is 4. The Hall–Kier alpha value is -2.96. The Morgan fingerprint density at radius 3 is 2.47 bits per heavy atom. The van der Waals surface area contributed by atoms with Crippen LogP contribution in [0.1, 0.15) is 56.8 Å². The van der Waals surface area contributed by atoms with Crippen molar-refractivity contribution in [2.75, 3.05) is 0 Å². The smallest absolute Gasteiger partial charge is 0.407 e. The molecule has 160 valence electrons. The van der Waals surface area contributed by atoms with E-state index in [1.807, 2.05) is 20.8 Å². The van der Waals surface area contributed by atoms with Gasteiger partial charge in [-0.2, -0.15) is 0 Å². The SMILES string of the molecule is CC(C)(C)OC(=O)N[C@H]1CCC[C@H](NC(=O)c2ccc(-c3cccc(F)c3)nc2)C1. The third-order valence-electron chi connectivity index (χ3n) is 4.88. The van der Waals surface area contributed by atoms with Crippen molar-refractivity contribution in [1.82, 2.24) is 15.6 Å². The highest BCUT2D eigenvalue weighted by atomic mass is 19.1. The predicted octanol–water partition coefficient (Wildman–Crippen LogP) is 4.45. The van der Waals surface area contributed by atoms with Crippen LogP contribution in [0.5, 0.6) is 0 Å². The lowest BCUT2D eigenvalue weighted by Crippen LogP contribution is -2.46. The Kier molecular flexibility index (Phi) is 6.70. The van der Waals surface area contributed by atoms with Gasteiger partial charge in [-0.25, -0.2) is 9.18 Å². The molecule has 2 aromatic rings. The van der Waals surface area contributed by atoms with E-state index in [0.717, 1.165) is 19.3 Å². The minimum atomic E-state index is -0.545. The Labute approximate surface area is 176 Å². The van der Waals surface area contributed by atoms with E-state index in [9.17, 15) is 14.0 Å². The molecule has 6 nitrogen and oxygen atoms in total. The first kappa shape index (κ1) is 21.7. The third kappa shape index (κ3) is 6.27. The summed E-state index contributed by atoms with van der Waals surface area (Å²) in [5, 5.41) is 5.92. The lowest BCUT2D eigenvalue weighted by molar-refractivity contribution is 0.0489. The van der Waals surface area contributed by atoms with Crippen LogP contribution in [0.3, 0.4) is 0 Å². The topological polar surface area (TPSA) is 80.3 Å². The molecule has 0 bridgehead atoms. The van der Waals surface area contributed by atoms with Gasteiger partial charge in [-0.05, 0) is 70.7 Å². The van der Waals surface area contributed by atoms with Crippen molar-refractivity contribution in [1.29, 1.82) is 0 Å². The number of halogens is 1. The fraction of sp³-hybridized carbons (Fsp3) is 0.435. The number of rotatable bonds is 4. The van der Waals surface area contributed by atoms with Crippen molar-refractivity contribution in [3.63, 3.8) is 0 Å². The van der Waals surface area contributed by atoms with Gasteiger partial charge in [0.15, 0.2) is 0 Å². The normalized spacial score (nSPS) is 19.1. The monoisotopic (exact) mass is 413 g/mol. The maximum absolute atomic E-state index is 13.4. The zero-order valence-corrected chi connectivity index (χ0v) is 17.6. The van der Waals surface area contributed by atoms with Crippen LogP contribution in [-0.4, -0.2) is 34.7 Å². The molecule has 1 heterocycles. The summed E-state index contributed by atoms with van der Waals surface area (Å²) in [7, 11) is 0. The van der Waals surface area contributed by atoms with E-state index in [0.29, 0.717) is 23.2 Å². The summed E-state index contributed by atoms with van der Waals surface area (Å²) >= 11 is 0. The molecule has 0 radical (unpaired) electrons. The average molecular weight is 413 g/mol. The van der Waals surface area contributed by atoms with Gasteiger partial charge in [-0.3, -0.25) is 9.78 Å². The molecule has 2 atom stereocenters. The van der Waals surface area contributed by atoms with Crippen molar-refractivity contribution in [3.8, 4) is 11.3 Å². The van der Waals surface area contributed by atoms with Crippen LogP contribution in [0.15, 0.2) is 42.6 Å². The lowest BCUT2D eigenvalue weighted by atomic mass is 9.91. The van der Waals surface area contributed by atoms with Crippen molar-refractivity contribution < 1.29 is 18.7 Å². The minimum Gasteiger partial charge on any atom is -0.444 e. The van der Waals surface area contributed by atoms with Crippen LogP contribution < -0.4 is 10.6 Å². The Bertz CT molecular complexity index is 893. The number of benzene rings is 1. The quantitative estimate of drug-likeness (QED) is 0.776. The van der Waals surface area contributed by atoms with Crippen LogP contribution in [0.4, 0.5) is 9.18 Å². The maximum Gasteiger partial charge on any atom is 0.407 e. The van der Waals surface area contributed by atoms with Gasteiger partial charge in [0.05, 0.1) is 11.3 Å². The van der Waals surface area contributed by atoms with Gasteiger partial charge in [0.25, 0.3) is 5.91 Å². The van der Waals surface area contributed by atoms with Crippen LogP contribution in [0, 0.1) is 5.82 Å². The summed E-state index contributed by atoms with van der Waals surface area (Å²) in [4.78, 5) is 28.9. The van der Waals surface area contributed by atoms with Crippen molar-refractivity contribution in [2.45, 2.75) is 64.1 Å². The fourth-order valence-corrected chi connectivity index (χ4v) is 3.54. The van der Waals surface area contributed by atoms with Crippen LogP contribution in [0.25, 0.3) is 11.3 Å². The molecular weight excluding hydrogens is 385 g/mol. The second-order valence-corrected chi connectivity index (χ2v) is 8.62. The van der Waals surface area contributed by atoms with E-state index >= 15 is 0 Å². The average Bonchev–Trinajstić information content (AvgIpc) is 2.67. The first-order chi connectivity index (χ1) is 14.2. The molecule has 0 spiro atoms. The highest BCUT2D eigenvalue weighted by Gasteiger charge is 2.26. The lowest BCUT2D eigenvalue weighted by Gasteiger charge is -2.31. The number of nitrogens with zero attached hydrogens (tertiary/aromatic N) is 1. The second kappa shape index (κ2) is 9.24. The standard InChI is InChI=1S/C23H28FN3O3/c1-23(2,3)30-22(29)27-19-9-5-8-18(13-19)26-21(28)16-10-11-20(25-14-16)15-6-4-7-17(24)12-15/h4,6-7,10-12,14,18-19H,5,8-9,13H2,1-3H3,(H,26,28)(H,27,29)/t18-,19-/m0/s1. The molecule has 0 saturated heterocycles. The number of aromatic nitrogens is 1. The molecular formula is C23H28FN3O3. The van der Waals surface area contributed by atoms with E-state index in [1.165, 1.54) is 18.3 Å². The summed E-state index contributed by atoms with van der Waals surface area (Å²) in [6.07, 6.45) is 4.33. The molecule has 1 aliphatic rings. The first-order valence-corrected chi connectivity index (χ1v) is 10.2. The van der Waals surface area contributed by atoms with E-state index in [2.05, 4.69) is 15.6 Å². The number of nitrogens with one attached hydrogen (secondary N) is 2. The Balaban J connectivity index is 1.55. The molecule has 1 aromatic carbocycles. The predicted molar refractivity (Wildman–Crippen MR) is 113 cm³/mol. The van der Waals surface area contributed by atoms with E-state index < -0.39 is 11.7 Å². The number of amides is 2. The number of pyridine rings is 1. The number of carbonyl (C=O) groups excluding carboxylic acids is 2. The Morgan fingerprint density at radius 1 is 1.10 bits per heavy atom. The molecule has 3 rings (SSSR count). The summed E-state index contributed by atoms with van der Waals surface area (Å²) < 4.78 is 18.7. The zero-order chi connectivity index (χ0) is 21.7. The fourth-order valence-electron chi connectivity index (χ4n) is 3.54. The number of carbonyl (C=O) groups is 2. The summed E-state index contributed by atoms with van der Waals surface area (Å²) in [5.41, 5.74) is 1.16. The van der Waals surface area contributed by atoms with E-state index in [-0.39, 0.29) is 23.8 Å². The Morgan fingerprint density at radius 2 is 1.83 bits per heavy atom. The van der Waals surface area contributed by atoms with Gasteiger partial charge in [-0.1, -0.05) is 12.1 Å². The second-order valence-electron chi connectivity index (χ2n) is 8.62. The molecule has 0 unspecified atom stereocenters. The van der Waals surface area contributed by atoms with Crippen LogP contribution >= 0.6 is 0 Å². The molecule has 30 heavy (non-hydrogen) atoms. The number of alkyl carbamates (subject to hydrolysis) is 1. The number of ether oxygens (including phenoxy) is 1. The van der Waals surface area contributed by atoms with Crippen LogP contribution in [0.2, 0.25) is 0 Å². The largest absolute Gasteiger partial charge is 0.444 e. The van der Waals surface area contributed by atoms with Gasteiger partial charge in [0.1, 0.15) is 11.4 Å². The highest BCUT2D eigenvalue weighted by molar-refractivity contribution is 5.94. The highest BCUT2D eigenvalue weighted by Crippen LogP contribution is 2.21. The van der Waals surface area contributed by atoms with Crippen LogP contribution in [-0.2, 0) is 4.74 Å². The van der Waals surface area contributed by atoms with Gasteiger partial charge in [0.2, 0.25) is 0 Å². The first-order valence-electron chi connectivity index (χ1n) is 10.2. The third-order valence-corrected chi connectivity index (χ3v) is 4.88. The van der Waals surface area contributed by atoms with Gasteiger partial charge in [0, 0.05) is 23.8 Å². The molecule has 1 fully saturated rings. The van der Waals surface area contributed by atoms with Gasteiger partial charge >= 0.3 is 6.09 Å². The molecule has 2 N–H and O–H groups in total. The zero-order valence-electron chi connectivity index (χ0n) is 17.6. The van der Waals surface area contributed by atoms with E-state index in [1.54, 1.807) is 24.3 Å². The minimum absolute atomic E-state index is 0.0333. The summed E-state index contributed by atoms with van der Waals surface area (Å²) in [6, 6.07) is 9.49. The summed E-state index contributed by atoms with van der Waals surface area (Å²) in [6.45, 7) is 5.47.